The molecule has 0 unspecified atom stereocenters. The van der Waals surface area contributed by atoms with Crippen molar-refractivity contribution in [3.05, 3.63) is 41.7 Å². The molecule has 2 N–H and O–H groups in total. The third kappa shape index (κ3) is 1.41. The summed E-state index contributed by atoms with van der Waals surface area (Å²) >= 11 is 1.94. The van der Waals surface area contributed by atoms with Gasteiger partial charge in [0.1, 0.15) is 0 Å². The first-order valence-electron chi connectivity index (χ1n) is 4.84. The van der Waals surface area contributed by atoms with Gasteiger partial charge in [-0.2, -0.15) is 16.9 Å². The molecule has 3 nitrogen and oxygen atoms in total. The van der Waals surface area contributed by atoms with Crippen LogP contribution in [0.5, 0.6) is 0 Å². The van der Waals surface area contributed by atoms with Gasteiger partial charge in [-0.05, 0) is 24.3 Å². The van der Waals surface area contributed by atoms with Gasteiger partial charge < -0.3 is 5.73 Å². The van der Waals surface area contributed by atoms with E-state index in [1.807, 2.05) is 46.9 Å². The van der Waals surface area contributed by atoms with Crippen LogP contribution in [0.25, 0.3) is 5.69 Å². The molecule has 4 heteroatoms. The summed E-state index contributed by atoms with van der Waals surface area (Å²) < 4.78 is 2.01. The van der Waals surface area contributed by atoms with E-state index in [0.717, 1.165) is 22.9 Å². The largest absolute Gasteiger partial charge is 0.399 e. The first kappa shape index (κ1) is 8.85. The Bertz CT molecular complexity index is 487. The average Bonchev–Trinajstić information content (AvgIpc) is 2.80. The number of hydrogen-bond donors (Lipinski definition) is 1. The van der Waals surface area contributed by atoms with Crippen molar-refractivity contribution in [3.63, 3.8) is 0 Å². The third-order valence-electron chi connectivity index (χ3n) is 2.59. The summed E-state index contributed by atoms with van der Waals surface area (Å²) in [6.07, 6.45) is 1.96. The van der Waals surface area contributed by atoms with Gasteiger partial charge in [0.05, 0.1) is 17.6 Å². The van der Waals surface area contributed by atoms with E-state index in [1.165, 1.54) is 11.3 Å². The van der Waals surface area contributed by atoms with Crippen molar-refractivity contribution >= 4 is 17.4 Å². The van der Waals surface area contributed by atoms with Gasteiger partial charge in [-0.3, -0.25) is 0 Å². The number of fused-ring (bicyclic) bond motifs is 1. The van der Waals surface area contributed by atoms with Crippen LogP contribution in [-0.2, 0) is 11.5 Å². The minimum atomic E-state index is 0.789. The average molecular weight is 217 g/mol. The molecule has 1 aromatic heterocycles. The van der Waals surface area contributed by atoms with Crippen LogP contribution < -0.4 is 5.73 Å². The molecular formula is C11H11N3S. The van der Waals surface area contributed by atoms with Crippen LogP contribution in [0.1, 0.15) is 11.3 Å². The molecule has 0 saturated carbocycles. The summed E-state index contributed by atoms with van der Waals surface area (Å²) in [5.41, 5.74) is 10.2. The Labute approximate surface area is 92.3 Å². The number of benzene rings is 1. The van der Waals surface area contributed by atoms with Crippen molar-refractivity contribution in [1.29, 1.82) is 0 Å². The summed E-state index contributed by atoms with van der Waals surface area (Å²) in [6, 6.07) is 7.83. The van der Waals surface area contributed by atoms with E-state index >= 15 is 0 Å². The lowest BCUT2D eigenvalue weighted by atomic mass is 10.2. The molecule has 0 radical (unpaired) electrons. The number of anilines is 1. The Morgan fingerprint density at radius 1 is 1.20 bits per heavy atom. The number of aromatic nitrogens is 2. The minimum absolute atomic E-state index is 0.789. The zero-order chi connectivity index (χ0) is 10.3. The fourth-order valence-electron chi connectivity index (χ4n) is 1.78. The Balaban J connectivity index is 2.09. The molecule has 0 aliphatic carbocycles. The van der Waals surface area contributed by atoms with Gasteiger partial charge >= 0.3 is 0 Å². The number of nitrogens with zero attached hydrogens (tertiary/aromatic N) is 2. The summed E-state index contributed by atoms with van der Waals surface area (Å²) in [5, 5.41) is 4.40. The third-order valence-corrected chi connectivity index (χ3v) is 3.58. The maximum atomic E-state index is 5.66. The smallest absolute Gasteiger partial charge is 0.0650 e. The normalized spacial score (nSPS) is 14.1. The van der Waals surface area contributed by atoms with E-state index < -0.39 is 0 Å². The SMILES string of the molecule is Nc1ccc(-n2ncc3c2CSC3)cc1. The number of nitrogens with two attached hydrogens (primary N) is 1. The van der Waals surface area contributed by atoms with Crippen LogP contribution in [0.2, 0.25) is 0 Å². The van der Waals surface area contributed by atoms with E-state index in [0.29, 0.717) is 0 Å². The predicted octanol–water partition coefficient (Wildman–Crippen LogP) is 2.20. The highest BCUT2D eigenvalue weighted by Gasteiger charge is 2.17. The van der Waals surface area contributed by atoms with Gasteiger partial charge in [-0.25, -0.2) is 4.68 Å². The second kappa shape index (κ2) is 3.31. The first-order chi connectivity index (χ1) is 7.34. The molecule has 0 bridgehead atoms. The fourth-order valence-corrected chi connectivity index (χ4v) is 2.84. The van der Waals surface area contributed by atoms with Crippen molar-refractivity contribution in [2.45, 2.75) is 11.5 Å². The van der Waals surface area contributed by atoms with Gasteiger partial charge in [0.25, 0.3) is 0 Å². The Hall–Kier alpha value is -1.42. The molecule has 0 amide bonds. The predicted molar refractivity (Wildman–Crippen MR) is 63.0 cm³/mol. The molecule has 0 spiro atoms. The maximum absolute atomic E-state index is 5.66. The molecule has 15 heavy (non-hydrogen) atoms. The van der Waals surface area contributed by atoms with E-state index in [2.05, 4.69) is 5.10 Å². The molecule has 0 saturated heterocycles. The number of nitrogen functional groups attached to an aromatic ring is 1. The summed E-state index contributed by atoms with van der Waals surface area (Å²) in [7, 11) is 0. The molecule has 2 heterocycles. The Kier molecular flexibility index (Phi) is 1.95. The zero-order valence-electron chi connectivity index (χ0n) is 8.18. The van der Waals surface area contributed by atoms with Gasteiger partial charge in [0.15, 0.2) is 0 Å². The van der Waals surface area contributed by atoms with Gasteiger partial charge in [0, 0.05) is 22.8 Å². The molecule has 2 aromatic rings. The van der Waals surface area contributed by atoms with Crippen LogP contribution in [0.15, 0.2) is 30.5 Å². The highest BCUT2D eigenvalue weighted by atomic mass is 32.2. The second-order valence-electron chi connectivity index (χ2n) is 3.61. The van der Waals surface area contributed by atoms with E-state index in [9.17, 15) is 0 Å². The standard InChI is InChI=1S/C11H11N3S/c12-9-1-3-10(4-2-9)14-11-7-15-6-8(11)5-13-14/h1-5H,6-7,12H2. The lowest BCUT2D eigenvalue weighted by molar-refractivity contribution is 0.843. The molecule has 1 aliphatic rings. The highest BCUT2D eigenvalue weighted by molar-refractivity contribution is 7.98. The zero-order valence-corrected chi connectivity index (χ0v) is 9.00. The maximum Gasteiger partial charge on any atom is 0.0650 e. The van der Waals surface area contributed by atoms with E-state index in [1.54, 1.807) is 0 Å². The summed E-state index contributed by atoms with van der Waals surface area (Å²) in [5.74, 6) is 2.14. The van der Waals surface area contributed by atoms with Crippen molar-refractivity contribution in [2.24, 2.45) is 0 Å². The fraction of sp³-hybridized carbons (Fsp3) is 0.182. The molecule has 0 fully saturated rings. The van der Waals surface area contributed by atoms with Gasteiger partial charge in [0.2, 0.25) is 0 Å². The van der Waals surface area contributed by atoms with Crippen LogP contribution in [0, 0.1) is 0 Å². The van der Waals surface area contributed by atoms with Crippen LogP contribution in [0.3, 0.4) is 0 Å². The topological polar surface area (TPSA) is 43.8 Å². The Morgan fingerprint density at radius 2 is 2.00 bits per heavy atom. The quantitative estimate of drug-likeness (QED) is 0.745. The van der Waals surface area contributed by atoms with Crippen molar-refractivity contribution in [1.82, 2.24) is 9.78 Å². The Morgan fingerprint density at radius 3 is 2.80 bits per heavy atom. The number of rotatable bonds is 1. The van der Waals surface area contributed by atoms with E-state index in [-0.39, 0.29) is 0 Å². The summed E-state index contributed by atoms with van der Waals surface area (Å²) in [6.45, 7) is 0. The first-order valence-corrected chi connectivity index (χ1v) is 5.99. The minimum Gasteiger partial charge on any atom is -0.399 e. The van der Waals surface area contributed by atoms with Gasteiger partial charge in [-0.15, -0.1) is 0 Å². The van der Waals surface area contributed by atoms with Crippen LogP contribution in [0.4, 0.5) is 5.69 Å². The number of hydrogen-bond acceptors (Lipinski definition) is 3. The van der Waals surface area contributed by atoms with Crippen LogP contribution >= 0.6 is 11.8 Å². The lowest BCUT2D eigenvalue weighted by Gasteiger charge is -2.05. The molecule has 1 aliphatic heterocycles. The molecule has 0 atom stereocenters. The van der Waals surface area contributed by atoms with Crippen molar-refractivity contribution in [2.75, 3.05) is 5.73 Å². The number of thioether (sulfide) groups is 1. The van der Waals surface area contributed by atoms with Crippen molar-refractivity contribution < 1.29 is 0 Å². The van der Waals surface area contributed by atoms with Gasteiger partial charge in [-0.1, -0.05) is 0 Å². The molecule has 76 valence electrons. The summed E-state index contributed by atoms with van der Waals surface area (Å²) in [4.78, 5) is 0. The van der Waals surface area contributed by atoms with Crippen molar-refractivity contribution in [3.8, 4) is 5.69 Å². The monoisotopic (exact) mass is 217 g/mol. The lowest BCUT2D eigenvalue weighted by Crippen LogP contribution is -2.00. The highest BCUT2D eigenvalue weighted by Crippen LogP contribution is 2.30. The molecule has 1 aromatic carbocycles. The second-order valence-corrected chi connectivity index (χ2v) is 4.60. The molecule has 3 rings (SSSR count). The molecular weight excluding hydrogens is 206 g/mol. The van der Waals surface area contributed by atoms with E-state index in [4.69, 9.17) is 5.73 Å². The van der Waals surface area contributed by atoms with Crippen LogP contribution in [-0.4, -0.2) is 9.78 Å².